The molecule has 0 bridgehead atoms. The molecular formula is C18H23NO3S. The molecule has 2 aliphatic rings. The van der Waals surface area contributed by atoms with E-state index in [9.17, 15) is 14.7 Å². The van der Waals surface area contributed by atoms with Gasteiger partial charge >= 0.3 is 5.97 Å². The molecule has 1 heterocycles. The number of amides is 1. The van der Waals surface area contributed by atoms with Gasteiger partial charge in [0, 0.05) is 18.0 Å². The van der Waals surface area contributed by atoms with Crippen molar-refractivity contribution in [3.05, 3.63) is 29.3 Å². The highest BCUT2D eigenvalue weighted by Gasteiger charge is 2.46. The standard InChI is InChI=1S/C18H23NO3S/c1-11-3-6-16(12(2)7-11)23-10-17(20)19-8-14(13-4-5-13)15(9-19)18(21)22/h3,6-7,13-15H,4-5,8-10H2,1-2H3,(H,21,22)/t14-,15+/m1/s1. The van der Waals surface area contributed by atoms with E-state index in [0.29, 0.717) is 24.8 Å². The Hall–Kier alpha value is -1.49. The van der Waals surface area contributed by atoms with Gasteiger partial charge in [-0.3, -0.25) is 9.59 Å². The Morgan fingerprint density at radius 2 is 2.00 bits per heavy atom. The van der Waals surface area contributed by atoms with Crippen molar-refractivity contribution in [3.8, 4) is 0 Å². The molecule has 0 radical (unpaired) electrons. The van der Waals surface area contributed by atoms with Gasteiger partial charge in [0.1, 0.15) is 0 Å². The number of carboxylic acids is 1. The molecule has 124 valence electrons. The Morgan fingerprint density at radius 3 is 2.61 bits per heavy atom. The monoisotopic (exact) mass is 333 g/mol. The van der Waals surface area contributed by atoms with Crippen LogP contribution in [0.15, 0.2) is 23.1 Å². The van der Waals surface area contributed by atoms with Crippen LogP contribution in [0.4, 0.5) is 0 Å². The van der Waals surface area contributed by atoms with Crippen molar-refractivity contribution in [1.29, 1.82) is 0 Å². The Labute approximate surface area is 141 Å². The first-order valence-corrected chi connectivity index (χ1v) is 9.15. The zero-order chi connectivity index (χ0) is 16.6. The molecule has 1 aromatic rings. The van der Waals surface area contributed by atoms with Crippen LogP contribution in [0.3, 0.4) is 0 Å². The number of rotatable bonds is 5. The van der Waals surface area contributed by atoms with Gasteiger partial charge in [-0.05, 0) is 50.2 Å². The number of likely N-dealkylation sites (tertiary alicyclic amines) is 1. The highest BCUT2D eigenvalue weighted by Crippen LogP contribution is 2.44. The third kappa shape index (κ3) is 3.71. The van der Waals surface area contributed by atoms with E-state index in [4.69, 9.17) is 0 Å². The maximum atomic E-state index is 12.5. The SMILES string of the molecule is Cc1ccc(SCC(=O)N2C[C@H](C(=O)O)[C@@H](C3CC3)C2)c(C)c1. The van der Waals surface area contributed by atoms with Gasteiger partial charge in [0.15, 0.2) is 0 Å². The molecule has 1 amide bonds. The van der Waals surface area contributed by atoms with Crippen LogP contribution < -0.4 is 0 Å². The average Bonchev–Trinajstić information content (AvgIpc) is 3.24. The lowest BCUT2D eigenvalue weighted by atomic mass is 9.92. The van der Waals surface area contributed by atoms with Crippen LogP contribution in [-0.2, 0) is 9.59 Å². The number of hydrogen-bond acceptors (Lipinski definition) is 3. The van der Waals surface area contributed by atoms with Gasteiger partial charge in [-0.15, -0.1) is 11.8 Å². The number of carbonyl (C=O) groups is 2. The first-order valence-electron chi connectivity index (χ1n) is 8.16. The molecule has 5 heteroatoms. The van der Waals surface area contributed by atoms with Crippen molar-refractivity contribution in [3.63, 3.8) is 0 Å². The molecule has 1 aliphatic heterocycles. The summed E-state index contributed by atoms with van der Waals surface area (Å²) >= 11 is 1.55. The zero-order valence-electron chi connectivity index (χ0n) is 13.6. The van der Waals surface area contributed by atoms with Crippen molar-refractivity contribution in [1.82, 2.24) is 4.90 Å². The van der Waals surface area contributed by atoms with E-state index in [-0.39, 0.29) is 17.7 Å². The lowest BCUT2D eigenvalue weighted by Gasteiger charge is -2.16. The molecule has 3 rings (SSSR count). The number of aliphatic carboxylic acids is 1. The Morgan fingerprint density at radius 1 is 1.26 bits per heavy atom. The zero-order valence-corrected chi connectivity index (χ0v) is 14.4. The second kappa shape index (κ2) is 6.56. The molecule has 1 saturated carbocycles. The lowest BCUT2D eigenvalue weighted by molar-refractivity contribution is -0.142. The van der Waals surface area contributed by atoms with Crippen molar-refractivity contribution in [2.24, 2.45) is 17.8 Å². The fourth-order valence-electron chi connectivity index (χ4n) is 3.49. The van der Waals surface area contributed by atoms with Gasteiger partial charge in [-0.1, -0.05) is 17.7 Å². The van der Waals surface area contributed by atoms with Crippen molar-refractivity contribution < 1.29 is 14.7 Å². The highest BCUT2D eigenvalue weighted by atomic mass is 32.2. The number of aryl methyl sites for hydroxylation is 2. The summed E-state index contributed by atoms with van der Waals surface area (Å²) in [6.07, 6.45) is 2.24. The minimum absolute atomic E-state index is 0.0596. The minimum atomic E-state index is -0.751. The molecule has 1 N–H and O–H groups in total. The summed E-state index contributed by atoms with van der Waals surface area (Å²) < 4.78 is 0. The normalized spacial score (nSPS) is 24.0. The summed E-state index contributed by atoms with van der Waals surface area (Å²) in [6.45, 7) is 5.11. The van der Waals surface area contributed by atoms with Crippen molar-refractivity contribution in [2.75, 3.05) is 18.8 Å². The molecule has 2 atom stereocenters. The number of nitrogens with zero attached hydrogens (tertiary/aromatic N) is 1. The van der Waals surface area contributed by atoms with Gasteiger partial charge in [0.05, 0.1) is 11.7 Å². The predicted molar refractivity (Wildman–Crippen MR) is 90.6 cm³/mol. The van der Waals surface area contributed by atoms with E-state index in [1.54, 1.807) is 16.7 Å². The number of thioether (sulfide) groups is 1. The van der Waals surface area contributed by atoms with Crippen LogP contribution in [0.2, 0.25) is 0 Å². The highest BCUT2D eigenvalue weighted by molar-refractivity contribution is 8.00. The first kappa shape index (κ1) is 16.4. The second-order valence-corrected chi connectivity index (χ2v) is 7.82. The van der Waals surface area contributed by atoms with Gasteiger partial charge in [0.2, 0.25) is 5.91 Å². The van der Waals surface area contributed by atoms with E-state index in [1.807, 2.05) is 0 Å². The second-order valence-electron chi connectivity index (χ2n) is 6.80. The minimum Gasteiger partial charge on any atom is -0.481 e. The topological polar surface area (TPSA) is 57.6 Å². The van der Waals surface area contributed by atoms with Crippen molar-refractivity contribution >= 4 is 23.6 Å². The fraction of sp³-hybridized carbons (Fsp3) is 0.556. The lowest BCUT2D eigenvalue weighted by Crippen LogP contribution is -2.31. The predicted octanol–water partition coefficient (Wildman–Crippen LogP) is 2.96. The average molecular weight is 333 g/mol. The maximum absolute atomic E-state index is 12.5. The number of carbonyl (C=O) groups excluding carboxylic acids is 1. The van der Waals surface area contributed by atoms with E-state index < -0.39 is 5.97 Å². The molecule has 4 nitrogen and oxygen atoms in total. The number of benzene rings is 1. The molecule has 23 heavy (non-hydrogen) atoms. The quantitative estimate of drug-likeness (QED) is 0.842. The van der Waals surface area contributed by atoms with Crippen LogP contribution in [-0.4, -0.2) is 40.7 Å². The summed E-state index contributed by atoms with van der Waals surface area (Å²) in [5.41, 5.74) is 2.40. The van der Waals surface area contributed by atoms with E-state index >= 15 is 0 Å². The summed E-state index contributed by atoms with van der Waals surface area (Å²) in [6, 6.07) is 6.23. The molecule has 0 spiro atoms. The Bertz CT molecular complexity index is 627. The molecule has 2 fully saturated rings. The molecule has 1 saturated heterocycles. The van der Waals surface area contributed by atoms with Crippen molar-refractivity contribution in [2.45, 2.75) is 31.6 Å². The summed E-state index contributed by atoms with van der Waals surface area (Å²) in [7, 11) is 0. The van der Waals surface area contributed by atoms with Crippen LogP contribution in [0, 0.1) is 31.6 Å². The van der Waals surface area contributed by atoms with Crippen LogP contribution in [0.25, 0.3) is 0 Å². The largest absolute Gasteiger partial charge is 0.481 e. The number of hydrogen-bond donors (Lipinski definition) is 1. The summed E-state index contributed by atoms with van der Waals surface area (Å²) in [4.78, 5) is 26.8. The molecule has 1 aromatic carbocycles. The van der Waals surface area contributed by atoms with Gasteiger partial charge in [-0.2, -0.15) is 0 Å². The van der Waals surface area contributed by atoms with Crippen LogP contribution >= 0.6 is 11.8 Å². The Kier molecular flexibility index (Phi) is 4.67. The van der Waals surface area contributed by atoms with E-state index in [2.05, 4.69) is 32.0 Å². The van der Waals surface area contributed by atoms with E-state index in [0.717, 1.165) is 17.7 Å². The first-order chi connectivity index (χ1) is 11.0. The number of carboxylic acid groups (broad SMARTS) is 1. The van der Waals surface area contributed by atoms with Crippen LogP contribution in [0.1, 0.15) is 24.0 Å². The fourth-order valence-corrected chi connectivity index (χ4v) is 4.40. The Balaban J connectivity index is 1.59. The molecular weight excluding hydrogens is 310 g/mol. The maximum Gasteiger partial charge on any atom is 0.308 e. The van der Waals surface area contributed by atoms with E-state index in [1.165, 1.54) is 11.1 Å². The molecule has 0 unspecified atom stereocenters. The third-order valence-electron chi connectivity index (χ3n) is 4.94. The van der Waals surface area contributed by atoms with Gasteiger partial charge in [-0.25, -0.2) is 0 Å². The van der Waals surface area contributed by atoms with Gasteiger partial charge in [0.25, 0.3) is 0 Å². The summed E-state index contributed by atoms with van der Waals surface area (Å²) in [5.74, 6) is -0.0159. The smallest absolute Gasteiger partial charge is 0.308 e. The molecule has 1 aliphatic carbocycles. The third-order valence-corrected chi connectivity index (χ3v) is 6.10. The van der Waals surface area contributed by atoms with Gasteiger partial charge < -0.3 is 10.0 Å². The van der Waals surface area contributed by atoms with Crippen LogP contribution in [0.5, 0.6) is 0 Å². The summed E-state index contributed by atoms with van der Waals surface area (Å²) in [5, 5.41) is 9.39. The molecule has 0 aromatic heterocycles.